The first-order chi connectivity index (χ1) is 8.77. The zero-order valence-corrected chi connectivity index (χ0v) is 10.5. The van der Waals surface area contributed by atoms with Gasteiger partial charge in [-0.3, -0.25) is 14.4 Å². The van der Waals surface area contributed by atoms with Crippen LogP contribution in [0.1, 0.15) is 38.5 Å². The van der Waals surface area contributed by atoms with E-state index in [1.807, 2.05) is 0 Å². The lowest BCUT2D eigenvalue weighted by Gasteiger charge is -2.29. The van der Waals surface area contributed by atoms with Crippen LogP contribution in [0.3, 0.4) is 0 Å². The van der Waals surface area contributed by atoms with Crippen molar-refractivity contribution in [1.82, 2.24) is 0 Å². The van der Waals surface area contributed by atoms with Crippen molar-refractivity contribution in [2.24, 2.45) is 11.8 Å². The highest BCUT2D eigenvalue weighted by Gasteiger charge is 2.27. The van der Waals surface area contributed by atoms with Gasteiger partial charge in [-0.15, -0.1) is 0 Å². The Morgan fingerprint density at radius 2 is 1.78 bits per heavy atom. The molecule has 0 N–H and O–H groups in total. The van der Waals surface area contributed by atoms with Gasteiger partial charge in [-0.05, 0) is 37.5 Å². The first kappa shape index (κ1) is 14.7. The maximum atomic E-state index is 11.5. The molecule has 5 nitrogen and oxygen atoms in total. The van der Waals surface area contributed by atoms with Crippen molar-refractivity contribution in [2.45, 2.75) is 38.5 Å². The van der Waals surface area contributed by atoms with Crippen molar-refractivity contribution in [3.05, 3.63) is 0 Å². The van der Waals surface area contributed by atoms with E-state index in [-0.39, 0.29) is 5.92 Å². The Morgan fingerprint density at radius 1 is 1.17 bits per heavy atom. The average Bonchev–Trinajstić information content (AvgIpc) is 2.37. The van der Waals surface area contributed by atoms with Gasteiger partial charge < -0.3 is 9.47 Å². The normalized spacial score (nSPS) is 19.6. The lowest BCUT2D eigenvalue weighted by Crippen LogP contribution is -2.25. The van der Waals surface area contributed by atoms with Crippen LogP contribution < -0.4 is 0 Å². The second-order valence-corrected chi connectivity index (χ2v) is 4.67. The van der Waals surface area contributed by atoms with Gasteiger partial charge in [0.1, 0.15) is 5.78 Å². The van der Waals surface area contributed by atoms with E-state index in [9.17, 15) is 14.4 Å². The summed E-state index contributed by atoms with van der Waals surface area (Å²) in [6, 6.07) is 0. The average molecular weight is 256 g/mol. The van der Waals surface area contributed by atoms with Gasteiger partial charge in [-0.1, -0.05) is 0 Å². The number of ketones is 1. The van der Waals surface area contributed by atoms with Crippen LogP contribution in [0.2, 0.25) is 0 Å². The smallest absolute Gasteiger partial charge is 0.293 e. The maximum absolute atomic E-state index is 11.5. The molecule has 1 aliphatic rings. The molecule has 0 aromatic heterocycles. The summed E-state index contributed by atoms with van der Waals surface area (Å²) in [7, 11) is 0. The SMILES string of the molecule is O=COCCC(CCOC=O)C1CCCC(=O)C1. The molecule has 1 unspecified atom stereocenters. The highest BCUT2D eigenvalue weighted by molar-refractivity contribution is 5.79. The third-order valence-corrected chi connectivity index (χ3v) is 3.54. The summed E-state index contributed by atoms with van der Waals surface area (Å²) < 4.78 is 9.42. The molecular formula is C13H20O5. The quantitative estimate of drug-likeness (QED) is 0.461. The van der Waals surface area contributed by atoms with Crippen molar-refractivity contribution in [1.29, 1.82) is 0 Å². The predicted molar refractivity (Wildman–Crippen MR) is 63.7 cm³/mol. The van der Waals surface area contributed by atoms with Crippen LogP contribution in [-0.2, 0) is 23.9 Å². The van der Waals surface area contributed by atoms with Gasteiger partial charge in [0, 0.05) is 12.8 Å². The van der Waals surface area contributed by atoms with E-state index in [1.165, 1.54) is 0 Å². The standard InChI is InChI=1S/C13H20O5/c14-9-17-6-4-11(5-7-18-10-15)12-2-1-3-13(16)8-12/h9-12H,1-8H2. The van der Waals surface area contributed by atoms with Crippen LogP contribution in [0.5, 0.6) is 0 Å². The van der Waals surface area contributed by atoms with Crippen LogP contribution in [0.15, 0.2) is 0 Å². The molecule has 1 rings (SSSR count). The van der Waals surface area contributed by atoms with Gasteiger partial charge in [0.05, 0.1) is 13.2 Å². The largest absolute Gasteiger partial charge is 0.468 e. The molecule has 0 aromatic rings. The summed E-state index contributed by atoms with van der Waals surface area (Å²) in [5.41, 5.74) is 0. The molecule has 0 bridgehead atoms. The van der Waals surface area contributed by atoms with Gasteiger partial charge in [0.15, 0.2) is 0 Å². The first-order valence-electron chi connectivity index (χ1n) is 6.40. The Balaban J connectivity index is 2.42. The Kier molecular flexibility index (Phi) is 7.06. The van der Waals surface area contributed by atoms with Crippen LogP contribution in [-0.4, -0.2) is 31.9 Å². The molecule has 5 heteroatoms. The minimum Gasteiger partial charge on any atom is -0.468 e. The van der Waals surface area contributed by atoms with E-state index < -0.39 is 0 Å². The van der Waals surface area contributed by atoms with Gasteiger partial charge in [0.2, 0.25) is 0 Å². The van der Waals surface area contributed by atoms with E-state index in [1.54, 1.807) is 0 Å². The molecule has 0 radical (unpaired) electrons. The van der Waals surface area contributed by atoms with Crippen molar-refractivity contribution >= 4 is 18.7 Å². The summed E-state index contributed by atoms with van der Waals surface area (Å²) in [6.07, 6.45) is 4.69. The number of carbonyl (C=O) groups excluding carboxylic acids is 3. The minimum absolute atomic E-state index is 0.272. The Hall–Kier alpha value is -1.39. The third-order valence-electron chi connectivity index (χ3n) is 3.54. The maximum Gasteiger partial charge on any atom is 0.293 e. The van der Waals surface area contributed by atoms with E-state index >= 15 is 0 Å². The summed E-state index contributed by atoms with van der Waals surface area (Å²) in [5, 5.41) is 0. The van der Waals surface area contributed by atoms with Crippen molar-refractivity contribution in [2.75, 3.05) is 13.2 Å². The first-order valence-corrected chi connectivity index (χ1v) is 6.40. The molecule has 0 spiro atoms. The van der Waals surface area contributed by atoms with Crippen LogP contribution in [0, 0.1) is 11.8 Å². The lowest BCUT2D eigenvalue weighted by atomic mass is 9.77. The molecule has 1 atom stereocenters. The molecule has 0 aliphatic heterocycles. The Labute approximate surface area is 107 Å². The Bertz CT molecular complexity index is 263. The zero-order valence-electron chi connectivity index (χ0n) is 10.5. The van der Waals surface area contributed by atoms with Crippen molar-refractivity contribution in [3.63, 3.8) is 0 Å². The highest BCUT2D eigenvalue weighted by atomic mass is 16.5. The summed E-state index contributed by atoms with van der Waals surface area (Å²) in [4.78, 5) is 31.7. The van der Waals surface area contributed by atoms with E-state index in [2.05, 4.69) is 0 Å². The van der Waals surface area contributed by atoms with Crippen molar-refractivity contribution < 1.29 is 23.9 Å². The molecule has 1 saturated carbocycles. The number of Topliss-reactive ketones (excluding diaryl/α,β-unsaturated/α-hetero) is 1. The van der Waals surface area contributed by atoms with E-state index in [0.29, 0.717) is 50.7 Å². The summed E-state index contributed by atoms with van der Waals surface area (Å²) in [5.74, 6) is 0.912. The van der Waals surface area contributed by atoms with Gasteiger partial charge >= 0.3 is 0 Å². The van der Waals surface area contributed by atoms with Gasteiger partial charge in [0.25, 0.3) is 12.9 Å². The fourth-order valence-corrected chi connectivity index (χ4v) is 2.61. The monoisotopic (exact) mass is 256 g/mol. The molecule has 18 heavy (non-hydrogen) atoms. The number of hydrogen-bond acceptors (Lipinski definition) is 5. The minimum atomic E-state index is 0.272. The van der Waals surface area contributed by atoms with Crippen LogP contribution in [0.25, 0.3) is 0 Å². The van der Waals surface area contributed by atoms with Crippen LogP contribution >= 0.6 is 0 Å². The topological polar surface area (TPSA) is 69.7 Å². The third kappa shape index (κ3) is 5.29. The summed E-state index contributed by atoms with van der Waals surface area (Å²) in [6.45, 7) is 1.59. The molecule has 0 saturated heterocycles. The van der Waals surface area contributed by atoms with E-state index in [4.69, 9.17) is 9.47 Å². The molecular weight excluding hydrogens is 236 g/mol. The highest BCUT2D eigenvalue weighted by Crippen LogP contribution is 2.32. The van der Waals surface area contributed by atoms with Gasteiger partial charge in [-0.25, -0.2) is 0 Å². The zero-order chi connectivity index (χ0) is 13.2. The number of ether oxygens (including phenoxy) is 2. The lowest BCUT2D eigenvalue weighted by molar-refractivity contribution is -0.130. The number of hydrogen-bond donors (Lipinski definition) is 0. The predicted octanol–water partition coefficient (Wildman–Crippen LogP) is 1.49. The molecule has 1 aliphatic carbocycles. The van der Waals surface area contributed by atoms with Gasteiger partial charge in [-0.2, -0.15) is 0 Å². The Morgan fingerprint density at radius 3 is 2.28 bits per heavy atom. The summed E-state index contributed by atoms with van der Waals surface area (Å²) >= 11 is 0. The fraction of sp³-hybridized carbons (Fsp3) is 0.769. The van der Waals surface area contributed by atoms with Crippen molar-refractivity contribution in [3.8, 4) is 0 Å². The molecule has 1 fully saturated rings. The number of carbonyl (C=O) groups is 3. The van der Waals surface area contributed by atoms with Crippen LogP contribution in [0.4, 0.5) is 0 Å². The number of rotatable bonds is 9. The molecule has 102 valence electrons. The second-order valence-electron chi connectivity index (χ2n) is 4.67. The fourth-order valence-electron chi connectivity index (χ4n) is 2.61. The second kappa shape index (κ2) is 8.66. The molecule has 0 aromatic carbocycles. The molecule has 0 heterocycles. The molecule has 0 amide bonds. The van der Waals surface area contributed by atoms with E-state index in [0.717, 1.165) is 25.7 Å².